The summed E-state index contributed by atoms with van der Waals surface area (Å²) in [4.78, 5) is 24.8. The highest BCUT2D eigenvalue weighted by atomic mass is 16.5. The van der Waals surface area contributed by atoms with Crippen molar-refractivity contribution in [2.75, 3.05) is 39.0 Å². The second-order valence-electron chi connectivity index (χ2n) is 8.53. The summed E-state index contributed by atoms with van der Waals surface area (Å²) >= 11 is 0. The maximum absolute atomic E-state index is 12.4. The van der Waals surface area contributed by atoms with E-state index in [0.717, 1.165) is 18.5 Å². The molecule has 2 aromatic carbocycles. The third-order valence-electron chi connectivity index (χ3n) is 5.56. The lowest BCUT2D eigenvalue weighted by molar-refractivity contribution is -0.125. The van der Waals surface area contributed by atoms with E-state index < -0.39 is 0 Å². The van der Waals surface area contributed by atoms with Gasteiger partial charge >= 0.3 is 0 Å². The first kappa shape index (κ1) is 23.9. The molecule has 1 fully saturated rings. The molecule has 1 unspecified atom stereocenters. The average Bonchev–Trinajstić information content (AvgIpc) is 3.33. The number of nitrogens with one attached hydrogen (secondary N) is 2. The van der Waals surface area contributed by atoms with Crippen molar-refractivity contribution >= 4 is 17.4 Å². The zero-order valence-electron chi connectivity index (χ0n) is 19.9. The first-order valence-corrected chi connectivity index (χ1v) is 11.4. The van der Waals surface area contributed by atoms with Crippen molar-refractivity contribution in [3.8, 4) is 11.5 Å². The van der Waals surface area contributed by atoms with Crippen molar-refractivity contribution in [2.24, 2.45) is 0 Å². The Morgan fingerprint density at radius 1 is 1.26 bits per heavy atom. The maximum Gasteiger partial charge on any atom is 0.246 e. The van der Waals surface area contributed by atoms with Gasteiger partial charge in [0.1, 0.15) is 23.6 Å². The van der Waals surface area contributed by atoms with Crippen LogP contribution in [-0.4, -0.2) is 71.2 Å². The summed E-state index contributed by atoms with van der Waals surface area (Å²) < 4.78 is 5.80. The number of aromatic nitrogens is 2. The molecule has 0 bridgehead atoms. The number of hydrogen-bond donors (Lipinski definition) is 2. The van der Waals surface area contributed by atoms with Crippen molar-refractivity contribution in [1.82, 2.24) is 19.8 Å². The van der Waals surface area contributed by atoms with Gasteiger partial charge < -0.3 is 19.9 Å². The minimum absolute atomic E-state index is 0.0145. The highest BCUT2D eigenvalue weighted by Gasteiger charge is 2.26. The van der Waals surface area contributed by atoms with E-state index in [9.17, 15) is 4.79 Å². The van der Waals surface area contributed by atoms with Crippen molar-refractivity contribution in [3.63, 3.8) is 0 Å². The third-order valence-corrected chi connectivity index (χ3v) is 5.56. The lowest BCUT2D eigenvalue weighted by atomic mass is 10.0. The van der Waals surface area contributed by atoms with Gasteiger partial charge in [-0.3, -0.25) is 10.2 Å². The fourth-order valence-corrected chi connectivity index (χ4v) is 3.75. The summed E-state index contributed by atoms with van der Waals surface area (Å²) in [6, 6.07) is 18.3. The summed E-state index contributed by atoms with van der Waals surface area (Å²) in [5, 5.41) is 12.2. The van der Waals surface area contributed by atoms with E-state index in [1.165, 1.54) is 6.33 Å². The van der Waals surface area contributed by atoms with Crippen LogP contribution >= 0.6 is 0 Å². The second-order valence-corrected chi connectivity index (χ2v) is 8.53. The van der Waals surface area contributed by atoms with E-state index in [1.807, 2.05) is 60.3 Å². The zero-order valence-corrected chi connectivity index (χ0v) is 19.9. The summed E-state index contributed by atoms with van der Waals surface area (Å²) in [6.07, 6.45) is 7.42. The zero-order chi connectivity index (χ0) is 24.6. The van der Waals surface area contributed by atoms with E-state index in [4.69, 9.17) is 10.1 Å². The molecule has 1 saturated heterocycles. The molecule has 8 nitrogen and oxygen atoms in total. The molecular formula is C27H28N6O2. The number of benzene rings is 1. The number of carbonyl (C=O) groups is 1. The Morgan fingerprint density at radius 2 is 2.09 bits per heavy atom. The van der Waals surface area contributed by atoms with Crippen LogP contribution in [0, 0.1) is 17.5 Å². The number of rotatable bonds is 9. The SMILES string of the molecule is CN(C)C/C=C/C(=O)N1CCC(Nc2ncncc2C(=N)c2ccc(Oc3cc#ccc3)cc2)C1. The highest BCUT2D eigenvalue weighted by molar-refractivity contribution is 6.13. The molecule has 1 aliphatic heterocycles. The normalized spacial score (nSPS) is 15.3. The van der Waals surface area contributed by atoms with Crippen LogP contribution in [0.3, 0.4) is 0 Å². The van der Waals surface area contributed by atoms with Crippen molar-refractivity contribution in [2.45, 2.75) is 12.5 Å². The summed E-state index contributed by atoms with van der Waals surface area (Å²) in [5.74, 6) is 1.94. The molecule has 178 valence electrons. The second kappa shape index (κ2) is 11.3. The quantitative estimate of drug-likeness (QED) is 0.369. The number of likely N-dealkylation sites (tertiary alicyclic amines) is 1. The molecule has 1 amide bonds. The van der Waals surface area contributed by atoms with Crippen LogP contribution < -0.4 is 10.1 Å². The molecule has 3 aromatic rings. The summed E-state index contributed by atoms with van der Waals surface area (Å²) in [5.41, 5.74) is 1.63. The largest absolute Gasteiger partial charge is 0.457 e. The number of likely N-dealkylation sites (N-methyl/N-ethyl adjacent to an activating group) is 1. The fourth-order valence-electron chi connectivity index (χ4n) is 3.75. The minimum atomic E-state index is 0.0145. The standard InChI is InChI=1S/C27H28N6O2/c1-32(2)15-6-9-25(34)33-16-14-21(18-33)31-27-24(17-29-19-30-27)26(28)20-10-12-23(13-11-20)35-22-7-4-3-5-8-22/h4,6-13,17,19,21,28H,14-16,18H2,1-2H3,(H,29,30,31)/b9-6+,28-26?. The predicted molar refractivity (Wildman–Crippen MR) is 135 cm³/mol. The van der Waals surface area contributed by atoms with Gasteiger partial charge in [-0.1, -0.05) is 18.2 Å². The van der Waals surface area contributed by atoms with E-state index in [1.54, 1.807) is 24.4 Å². The van der Waals surface area contributed by atoms with Crippen LogP contribution in [-0.2, 0) is 4.79 Å². The molecule has 4 rings (SSSR count). The molecule has 2 N–H and O–H groups in total. The topological polar surface area (TPSA) is 94.4 Å². The van der Waals surface area contributed by atoms with E-state index in [0.29, 0.717) is 41.7 Å². The number of hydrogen-bond acceptors (Lipinski definition) is 7. The van der Waals surface area contributed by atoms with Gasteiger partial charge in [-0.15, -0.1) is 0 Å². The van der Waals surface area contributed by atoms with Crippen LogP contribution in [0.1, 0.15) is 17.5 Å². The lowest BCUT2D eigenvalue weighted by Gasteiger charge is -2.18. The van der Waals surface area contributed by atoms with Gasteiger partial charge in [0.2, 0.25) is 5.91 Å². The Labute approximate surface area is 205 Å². The third kappa shape index (κ3) is 6.43. The highest BCUT2D eigenvalue weighted by Crippen LogP contribution is 2.24. The number of ether oxygens (including phenoxy) is 1. The molecule has 0 saturated carbocycles. The van der Waals surface area contributed by atoms with Crippen LogP contribution in [0.2, 0.25) is 0 Å². The van der Waals surface area contributed by atoms with Gasteiger partial charge in [-0.2, -0.15) is 0 Å². The Bertz CT molecular complexity index is 1180. The first-order valence-electron chi connectivity index (χ1n) is 11.4. The number of amides is 1. The maximum atomic E-state index is 12.4. The number of carbonyl (C=O) groups excluding carboxylic acids is 1. The van der Waals surface area contributed by atoms with Crippen molar-refractivity contribution < 1.29 is 9.53 Å². The average molecular weight is 469 g/mol. The Morgan fingerprint density at radius 3 is 2.83 bits per heavy atom. The van der Waals surface area contributed by atoms with Crippen LogP contribution in [0.15, 0.2) is 67.1 Å². The first-order chi connectivity index (χ1) is 17.0. The van der Waals surface area contributed by atoms with Crippen LogP contribution in [0.25, 0.3) is 0 Å². The van der Waals surface area contributed by atoms with Gasteiger partial charge in [0, 0.05) is 49.6 Å². The molecular weight excluding hydrogens is 440 g/mol. The molecule has 1 atom stereocenters. The monoisotopic (exact) mass is 468 g/mol. The molecule has 1 aliphatic rings. The van der Waals surface area contributed by atoms with E-state index in [-0.39, 0.29) is 11.9 Å². The summed E-state index contributed by atoms with van der Waals surface area (Å²) in [7, 11) is 3.93. The Kier molecular flexibility index (Phi) is 7.70. The smallest absolute Gasteiger partial charge is 0.246 e. The predicted octanol–water partition coefficient (Wildman–Crippen LogP) is 3.42. The molecule has 1 aromatic heterocycles. The van der Waals surface area contributed by atoms with Crippen molar-refractivity contribution in [1.29, 1.82) is 5.41 Å². The van der Waals surface area contributed by atoms with Crippen molar-refractivity contribution in [3.05, 3.63) is 90.4 Å². The number of anilines is 1. The summed E-state index contributed by atoms with van der Waals surface area (Å²) in [6.45, 7) is 1.99. The minimum Gasteiger partial charge on any atom is -0.457 e. The van der Waals surface area contributed by atoms with Crippen LogP contribution in [0.4, 0.5) is 5.82 Å². The molecule has 2 heterocycles. The van der Waals surface area contributed by atoms with Gasteiger partial charge in [-0.25, -0.2) is 9.97 Å². The fraction of sp³-hybridized carbons (Fsp3) is 0.259. The van der Waals surface area contributed by atoms with Gasteiger partial charge in [-0.05, 0) is 56.9 Å². The Balaban J connectivity index is 1.39. The Hall–Kier alpha value is -4.22. The molecule has 8 heteroatoms. The molecule has 35 heavy (non-hydrogen) atoms. The van der Waals surface area contributed by atoms with Crippen LogP contribution in [0.5, 0.6) is 11.5 Å². The molecule has 0 aliphatic carbocycles. The van der Waals surface area contributed by atoms with E-state index >= 15 is 0 Å². The molecule has 0 radical (unpaired) electrons. The number of nitrogens with zero attached hydrogens (tertiary/aromatic N) is 4. The lowest BCUT2D eigenvalue weighted by Crippen LogP contribution is -2.31. The van der Waals surface area contributed by atoms with Gasteiger partial charge in [0.15, 0.2) is 0 Å². The van der Waals surface area contributed by atoms with Gasteiger partial charge in [0.05, 0.1) is 11.3 Å². The molecule has 0 spiro atoms. The van der Waals surface area contributed by atoms with E-state index in [2.05, 4.69) is 27.4 Å². The van der Waals surface area contributed by atoms with Gasteiger partial charge in [0.25, 0.3) is 0 Å².